The van der Waals surface area contributed by atoms with Crippen molar-refractivity contribution in [1.82, 2.24) is 0 Å². The predicted molar refractivity (Wildman–Crippen MR) is 66.0 cm³/mol. The molecule has 18 heavy (non-hydrogen) atoms. The minimum atomic E-state index is -0.616. The van der Waals surface area contributed by atoms with Gasteiger partial charge in [-0.1, -0.05) is 18.6 Å². The zero-order valence-electron chi connectivity index (χ0n) is 10.9. The summed E-state index contributed by atoms with van der Waals surface area (Å²) in [5.74, 6) is -0.325. The van der Waals surface area contributed by atoms with E-state index in [0.717, 1.165) is 44.9 Å². The number of fused-ring (bicyclic) bond motifs is 2. The van der Waals surface area contributed by atoms with Gasteiger partial charge in [0.15, 0.2) is 17.7 Å². The first-order valence-corrected chi connectivity index (χ1v) is 7.22. The number of hydrogen-bond acceptors (Lipinski definition) is 3. The first kappa shape index (κ1) is 11.2. The van der Waals surface area contributed by atoms with Crippen molar-refractivity contribution in [2.24, 2.45) is 5.41 Å². The number of hydrogen-bond donors (Lipinski definition) is 0. The summed E-state index contributed by atoms with van der Waals surface area (Å²) in [6.07, 6.45) is 11.0. The zero-order valence-corrected chi connectivity index (χ0v) is 10.9. The fourth-order valence-electron chi connectivity index (χ4n) is 4.37. The molecule has 0 aromatic heterocycles. The molecule has 0 amide bonds. The van der Waals surface area contributed by atoms with Crippen molar-refractivity contribution in [3.05, 3.63) is 12.2 Å². The maximum Gasteiger partial charge on any atom is 0.182 e. The zero-order chi connectivity index (χ0) is 12.4. The van der Waals surface area contributed by atoms with Gasteiger partial charge in [-0.3, -0.25) is 4.79 Å². The number of allylic oxidation sites excluding steroid dienone is 1. The normalized spacial score (nSPS) is 54.1. The number of Topliss-reactive ketones (excluding diaryl/α,β-unsaturated/α-hetero) is 1. The fraction of sp³-hybridized carbons (Fsp3) is 0.800. The molecule has 2 spiro atoms. The van der Waals surface area contributed by atoms with E-state index in [2.05, 4.69) is 12.2 Å². The van der Waals surface area contributed by atoms with Gasteiger partial charge in [0.05, 0.1) is 5.41 Å². The van der Waals surface area contributed by atoms with Crippen LogP contribution >= 0.6 is 0 Å². The highest BCUT2D eigenvalue weighted by molar-refractivity contribution is 5.94. The van der Waals surface area contributed by atoms with Gasteiger partial charge in [0, 0.05) is 6.42 Å². The molecule has 2 saturated heterocycles. The largest absolute Gasteiger partial charge is 0.335 e. The first-order chi connectivity index (χ1) is 8.62. The second-order valence-corrected chi connectivity index (χ2v) is 6.51. The van der Waals surface area contributed by atoms with E-state index in [1.54, 1.807) is 0 Å². The van der Waals surface area contributed by atoms with Gasteiger partial charge in [-0.25, -0.2) is 0 Å². The molecule has 3 heteroatoms. The molecule has 2 bridgehead atoms. The lowest BCUT2D eigenvalue weighted by Crippen LogP contribution is -2.59. The van der Waals surface area contributed by atoms with Crippen molar-refractivity contribution in [3.63, 3.8) is 0 Å². The maximum atomic E-state index is 12.8. The Labute approximate surface area is 108 Å². The Balaban J connectivity index is 1.80. The van der Waals surface area contributed by atoms with Gasteiger partial charge in [0.2, 0.25) is 0 Å². The summed E-state index contributed by atoms with van der Waals surface area (Å²) in [6, 6.07) is 0. The van der Waals surface area contributed by atoms with Crippen LogP contribution in [0.25, 0.3) is 0 Å². The van der Waals surface area contributed by atoms with Gasteiger partial charge in [0.25, 0.3) is 0 Å². The van der Waals surface area contributed by atoms with Crippen LogP contribution in [0.15, 0.2) is 12.2 Å². The minimum absolute atomic E-state index is 0.292. The number of carbonyl (C=O) groups excluding carboxylic acids is 1. The van der Waals surface area contributed by atoms with Crippen molar-refractivity contribution in [3.8, 4) is 0 Å². The molecule has 1 unspecified atom stereocenters. The highest BCUT2D eigenvalue weighted by atomic mass is 16.8. The Bertz CT molecular complexity index is 443. The van der Waals surface area contributed by atoms with Gasteiger partial charge in [0.1, 0.15) is 5.60 Å². The second kappa shape index (κ2) is 3.26. The topological polar surface area (TPSA) is 35.5 Å². The molecule has 98 valence electrons. The monoisotopic (exact) mass is 248 g/mol. The summed E-state index contributed by atoms with van der Waals surface area (Å²) in [7, 11) is 0. The molecule has 1 saturated carbocycles. The summed E-state index contributed by atoms with van der Waals surface area (Å²) in [4.78, 5) is 12.8. The van der Waals surface area contributed by atoms with Crippen molar-refractivity contribution < 1.29 is 14.3 Å². The Morgan fingerprint density at radius 1 is 1.22 bits per heavy atom. The third-order valence-electron chi connectivity index (χ3n) is 5.50. The van der Waals surface area contributed by atoms with Crippen LogP contribution in [0.1, 0.15) is 51.9 Å². The molecule has 2 aliphatic carbocycles. The Hall–Kier alpha value is -0.670. The summed E-state index contributed by atoms with van der Waals surface area (Å²) in [5.41, 5.74) is -0.835. The Morgan fingerprint density at radius 2 is 2.06 bits per heavy atom. The quantitative estimate of drug-likeness (QED) is 0.618. The average Bonchev–Trinajstić information content (AvgIpc) is 2.80. The van der Waals surface area contributed by atoms with Crippen LogP contribution in [-0.4, -0.2) is 23.3 Å². The average molecular weight is 248 g/mol. The maximum absolute atomic E-state index is 12.8. The van der Waals surface area contributed by atoms with E-state index in [4.69, 9.17) is 9.47 Å². The number of ether oxygens (including phenoxy) is 2. The van der Waals surface area contributed by atoms with E-state index in [0.29, 0.717) is 5.78 Å². The van der Waals surface area contributed by atoms with Gasteiger partial charge in [-0.15, -0.1) is 0 Å². The van der Waals surface area contributed by atoms with Crippen molar-refractivity contribution in [1.29, 1.82) is 0 Å². The van der Waals surface area contributed by atoms with Crippen LogP contribution in [0.5, 0.6) is 0 Å². The van der Waals surface area contributed by atoms with Crippen molar-refractivity contribution >= 4 is 5.78 Å². The summed E-state index contributed by atoms with van der Waals surface area (Å²) < 4.78 is 12.6. The molecule has 4 rings (SSSR count). The molecule has 0 aromatic carbocycles. The lowest BCUT2D eigenvalue weighted by Gasteiger charge is -2.48. The van der Waals surface area contributed by atoms with Crippen LogP contribution in [-0.2, 0) is 14.3 Å². The minimum Gasteiger partial charge on any atom is -0.335 e. The highest BCUT2D eigenvalue weighted by Crippen LogP contribution is 2.63. The Kier molecular flexibility index (Phi) is 2.02. The van der Waals surface area contributed by atoms with E-state index < -0.39 is 16.8 Å². The molecule has 0 N–H and O–H groups in total. The van der Waals surface area contributed by atoms with Crippen LogP contribution < -0.4 is 0 Å². The summed E-state index contributed by atoms with van der Waals surface area (Å²) in [6.45, 7) is 2.05. The first-order valence-electron chi connectivity index (χ1n) is 7.22. The van der Waals surface area contributed by atoms with Crippen LogP contribution in [0.4, 0.5) is 0 Å². The predicted octanol–water partition coefficient (Wildman–Crippen LogP) is 2.74. The van der Waals surface area contributed by atoms with Crippen molar-refractivity contribution in [2.75, 3.05) is 0 Å². The lowest BCUT2D eigenvalue weighted by molar-refractivity contribution is -0.245. The standard InChI is InChI=1S/C15H20O3/c1-13-7-5-6-10-15(13)17-12(11(13)16)14(18-15)8-3-2-4-9-14/h3,8,12H,2,4-7,9-10H2,1H3/t12-,13+,14?,15-/m0/s1. The highest BCUT2D eigenvalue weighted by Gasteiger charge is 2.75. The molecule has 2 aliphatic heterocycles. The molecule has 0 aromatic rings. The summed E-state index contributed by atoms with van der Waals surface area (Å²) >= 11 is 0. The molecule has 4 aliphatic rings. The third kappa shape index (κ3) is 1.07. The van der Waals surface area contributed by atoms with Crippen LogP contribution in [0, 0.1) is 5.41 Å². The summed E-state index contributed by atoms with van der Waals surface area (Å²) in [5, 5.41) is 0. The smallest absolute Gasteiger partial charge is 0.182 e. The molecule has 3 nitrogen and oxygen atoms in total. The van der Waals surface area contributed by atoms with Gasteiger partial charge >= 0.3 is 0 Å². The number of rotatable bonds is 0. The lowest BCUT2D eigenvalue weighted by atomic mass is 9.64. The van der Waals surface area contributed by atoms with E-state index in [9.17, 15) is 4.79 Å². The molecule has 2 heterocycles. The van der Waals surface area contributed by atoms with Gasteiger partial charge in [-0.2, -0.15) is 0 Å². The molecule has 0 radical (unpaired) electrons. The number of carbonyl (C=O) groups is 1. The fourth-order valence-corrected chi connectivity index (χ4v) is 4.37. The van der Waals surface area contributed by atoms with E-state index in [1.165, 1.54) is 0 Å². The van der Waals surface area contributed by atoms with Gasteiger partial charge in [-0.05, 0) is 39.0 Å². The van der Waals surface area contributed by atoms with E-state index >= 15 is 0 Å². The van der Waals surface area contributed by atoms with Crippen molar-refractivity contribution in [2.45, 2.75) is 69.4 Å². The SMILES string of the molecule is C[C@]12CCCC[C@@]13O[C@@H](C2=O)C1(C=CCCC1)O3. The van der Waals surface area contributed by atoms with E-state index in [-0.39, 0.29) is 6.10 Å². The second-order valence-electron chi connectivity index (χ2n) is 6.51. The third-order valence-corrected chi connectivity index (χ3v) is 5.50. The molecular weight excluding hydrogens is 228 g/mol. The van der Waals surface area contributed by atoms with Crippen LogP contribution in [0.2, 0.25) is 0 Å². The molecule has 4 atom stereocenters. The number of ketones is 1. The Morgan fingerprint density at radius 3 is 2.83 bits per heavy atom. The molecule has 3 fully saturated rings. The van der Waals surface area contributed by atoms with Gasteiger partial charge < -0.3 is 9.47 Å². The molecular formula is C15H20O3. The van der Waals surface area contributed by atoms with E-state index in [1.807, 2.05) is 6.92 Å². The van der Waals surface area contributed by atoms with Crippen LogP contribution in [0.3, 0.4) is 0 Å².